The van der Waals surface area contributed by atoms with Gasteiger partial charge < -0.3 is 19.6 Å². The summed E-state index contributed by atoms with van der Waals surface area (Å²) >= 11 is 3.87. The van der Waals surface area contributed by atoms with Crippen molar-refractivity contribution in [3.05, 3.63) is 272 Å². The Kier molecular flexibility index (Phi) is 11.4. The van der Waals surface area contributed by atoms with E-state index < -0.39 is 0 Å². The number of para-hydroxylation sites is 2. The van der Waals surface area contributed by atoms with Crippen molar-refractivity contribution < 1.29 is 0 Å². The molecule has 6 aliphatic rings. The van der Waals surface area contributed by atoms with Crippen LogP contribution < -0.4 is 68.8 Å². The fourth-order valence-corrected chi connectivity index (χ4v) is 18.7. The smallest absolute Gasteiger partial charge is 0.252 e. The van der Waals surface area contributed by atoms with Crippen molar-refractivity contribution in [1.29, 1.82) is 0 Å². The normalized spacial score (nSPS) is 14.1. The van der Waals surface area contributed by atoms with Gasteiger partial charge in [0.25, 0.3) is 6.71 Å². The third-order valence-corrected chi connectivity index (χ3v) is 22.6. The van der Waals surface area contributed by atoms with E-state index >= 15 is 0 Å². The van der Waals surface area contributed by atoms with Gasteiger partial charge in [-0.3, -0.25) is 0 Å². The second kappa shape index (κ2) is 19.5. The van der Waals surface area contributed by atoms with Crippen LogP contribution in [0.4, 0.5) is 68.2 Å². The predicted octanol–water partition coefficient (Wildman–Crippen LogP) is 16.2. The molecule has 13 aromatic carbocycles. The second-order valence-electron chi connectivity index (χ2n) is 27.6. The van der Waals surface area contributed by atoms with Crippen molar-refractivity contribution in [3.63, 3.8) is 0 Å². The number of benzene rings is 13. The Morgan fingerprint density at radius 3 is 1.14 bits per heavy atom. The highest BCUT2D eigenvalue weighted by Crippen LogP contribution is 2.53. The van der Waals surface area contributed by atoms with Crippen molar-refractivity contribution in [2.24, 2.45) is 0 Å². The minimum atomic E-state index is -0.113. The molecule has 4 nitrogen and oxygen atoms in total. The molecule has 6 aliphatic heterocycles. The van der Waals surface area contributed by atoms with Crippen LogP contribution in [0.25, 0.3) is 21.5 Å². The van der Waals surface area contributed by atoms with Crippen LogP contribution in [0.5, 0.6) is 0 Å². The lowest BCUT2D eigenvalue weighted by molar-refractivity contribution is 0.590. The highest BCUT2D eigenvalue weighted by molar-refractivity contribution is 8.00. The largest absolute Gasteiger partial charge is 0.312 e. The summed E-state index contributed by atoms with van der Waals surface area (Å²) in [6.45, 7) is 14.1. The first kappa shape index (κ1) is 53.3. The Balaban J connectivity index is 0.956. The molecule has 0 aromatic heterocycles. The Labute approximate surface area is 542 Å². The molecule has 0 unspecified atom stereocenters. The van der Waals surface area contributed by atoms with Crippen molar-refractivity contribution in [2.75, 3.05) is 19.6 Å². The molecule has 430 valence electrons. The summed E-state index contributed by atoms with van der Waals surface area (Å²) < 4.78 is 0. The number of hydrogen-bond donors (Lipinski definition) is 0. The van der Waals surface area contributed by atoms with E-state index in [0.29, 0.717) is 0 Å². The average molecular weight is 1200 g/mol. The number of hydrogen-bond acceptors (Lipinski definition) is 6. The molecule has 0 bridgehead atoms. The maximum atomic E-state index is 2.76. The fraction of sp³-hybridized carbons (Fsp3) is 0.0976. The predicted molar refractivity (Wildman–Crippen MR) is 393 cm³/mol. The Bertz CT molecular complexity index is 4950. The second-order valence-corrected chi connectivity index (χ2v) is 29.7. The van der Waals surface area contributed by atoms with Crippen LogP contribution in [0.3, 0.4) is 0 Å². The number of anilines is 12. The van der Waals surface area contributed by atoms with Crippen LogP contribution in [0.2, 0.25) is 0 Å². The third kappa shape index (κ3) is 7.77. The van der Waals surface area contributed by atoms with Crippen LogP contribution in [-0.2, 0) is 10.8 Å². The lowest BCUT2D eigenvalue weighted by Crippen LogP contribution is -2.72. The van der Waals surface area contributed by atoms with Gasteiger partial charge in [0.15, 0.2) is 0 Å². The Morgan fingerprint density at radius 2 is 0.692 bits per heavy atom. The average Bonchev–Trinajstić information content (AvgIpc) is 0.662. The topological polar surface area (TPSA) is 13.0 Å². The summed E-state index contributed by atoms with van der Waals surface area (Å²) in [6.07, 6.45) is 0. The van der Waals surface area contributed by atoms with Crippen molar-refractivity contribution >= 4 is 183 Å². The quantitative estimate of drug-likeness (QED) is 0.153. The third-order valence-electron chi connectivity index (χ3n) is 20.3. The van der Waals surface area contributed by atoms with Crippen LogP contribution >= 0.6 is 23.5 Å². The van der Waals surface area contributed by atoms with Crippen LogP contribution in [-0.4, -0.2) is 20.1 Å². The van der Waals surface area contributed by atoms with Gasteiger partial charge in [-0.25, -0.2) is 0 Å². The summed E-state index contributed by atoms with van der Waals surface area (Å²) in [7, 11) is 0. The van der Waals surface area contributed by atoms with Gasteiger partial charge in [0.05, 0.1) is 11.4 Å². The van der Waals surface area contributed by atoms with Crippen LogP contribution in [0.1, 0.15) is 52.7 Å². The van der Waals surface area contributed by atoms with Gasteiger partial charge in [-0.2, -0.15) is 0 Å². The molecule has 9 heteroatoms. The van der Waals surface area contributed by atoms with Crippen molar-refractivity contribution in [2.45, 2.75) is 72.0 Å². The first-order chi connectivity index (χ1) is 44.4. The van der Waals surface area contributed by atoms with Crippen LogP contribution in [0, 0.1) is 0 Å². The number of fused-ring (bicyclic) bond motifs is 16. The minimum Gasteiger partial charge on any atom is -0.312 e. The zero-order valence-electron chi connectivity index (χ0n) is 51.7. The van der Waals surface area contributed by atoms with E-state index in [0.717, 1.165) is 34.1 Å². The highest BCUT2D eigenvalue weighted by Gasteiger charge is 2.54. The van der Waals surface area contributed by atoms with E-state index in [1.807, 2.05) is 23.5 Å². The molecule has 0 atom stereocenters. The van der Waals surface area contributed by atoms with E-state index in [1.165, 1.54) is 136 Å². The summed E-state index contributed by atoms with van der Waals surface area (Å²) in [5.74, 6) is 0. The van der Waals surface area contributed by atoms with E-state index in [-0.39, 0.29) is 31.0 Å². The zero-order valence-corrected chi connectivity index (χ0v) is 53.3. The van der Waals surface area contributed by atoms with Crippen molar-refractivity contribution in [1.82, 2.24) is 0 Å². The maximum Gasteiger partial charge on any atom is 0.252 e. The fourth-order valence-electron chi connectivity index (χ4n) is 16.3. The van der Waals surface area contributed by atoms with Gasteiger partial charge >= 0.3 is 0 Å². The first-order valence-corrected chi connectivity index (χ1v) is 33.7. The molecule has 19 rings (SSSR count). The van der Waals surface area contributed by atoms with Gasteiger partial charge in [0.1, 0.15) is 0 Å². The molecule has 6 heterocycles. The standard InChI is InChI=1S/C82H61B3N4S2/c1-81(2,3)52-39-41-68-62(43-52)85-63-44-53(82(4,5)6)40-42-69(63)89-71-46-57(87(55-29-11-8-12-30-55)67-36-22-26-51-24-14-16-32-59(51)67)48-75-77(71)84(61-34-18-20-38-73(61)91-75)65-49-64-79(78(85)80(65)89)88(68)70-45-56(47-74-76(70)83(64)60-33-17-19-37-72(60)90-74)86(54-27-9-7-10-28-54)66-35-21-25-50-23-13-15-31-58(50)66/h7-49H,1-6H3. The molecule has 0 amide bonds. The monoisotopic (exact) mass is 1200 g/mol. The summed E-state index contributed by atoms with van der Waals surface area (Å²) in [4.78, 5) is 15.8. The molecule has 0 aliphatic carbocycles. The van der Waals surface area contributed by atoms with Crippen LogP contribution in [0.15, 0.2) is 280 Å². The van der Waals surface area contributed by atoms with E-state index in [2.05, 4.69) is 322 Å². The molecule has 0 fully saturated rings. The number of rotatable bonds is 6. The number of nitrogens with zero attached hydrogens (tertiary/aromatic N) is 4. The summed E-state index contributed by atoms with van der Waals surface area (Å²) in [5, 5.41) is 4.86. The Hall–Kier alpha value is -9.53. The zero-order chi connectivity index (χ0) is 60.8. The lowest BCUT2D eigenvalue weighted by atomic mass is 9.26. The molecule has 0 saturated heterocycles. The van der Waals surface area contributed by atoms with E-state index in [4.69, 9.17) is 0 Å². The maximum absolute atomic E-state index is 2.76. The summed E-state index contributed by atoms with van der Waals surface area (Å²) in [6, 6.07) is 100.0. The SMILES string of the molecule is CC(C)(C)c1ccc2c(c1)B1c3cc(C(C)(C)C)ccc3N3c4cc(N(c5ccccc5)c5cccc6ccccc56)cc5c4B(c4ccccc4S5)c4cc5c(c1c43)N2c1cc(N(c2ccccc2)c2cccc3ccccc23)cc2c1B5c1ccccc1S2. The minimum absolute atomic E-state index is 0.0459. The molecule has 13 aromatic rings. The van der Waals surface area contributed by atoms with Gasteiger partial charge in [-0.15, -0.1) is 0 Å². The molecule has 0 N–H and O–H groups in total. The van der Waals surface area contributed by atoms with Gasteiger partial charge in [-0.1, -0.05) is 252 Å². The van der Waals surface area contributed by atoms with Gasteiger partial charge in [0, 0.05) is 87.2 Å². The molecular weight excluding hydrogens is 1140 g/mol. The Morgan fingerprint density at radius 1 is 0.297 bits per heavy atom. The summed E-state index contributed by atoms with van der Waals surface area (Å²) in [5.41, 5.74) is 29.2. The molecule has 0 saturated carbocycles. The van der Waals surface area contributed by atoms with Gasteiger partial charge in [0.2, 0.25) is 13.4 Å². The van der Waals surface area contributed by atoms with E-state index in [9.17, 15) is 0 Å². The molecule has 91 heavy (non-hydrogen) atoms. The highest BCUT2D eigenvalue weighted by atomic mass is 32.2. The molecule has 0 spiro atoms. The van der Waals surface area contributed by atoms with E-state index in [1.54, 1.807) is 0 Å². The van der Waals surface area contributed by atoms with Gasteiger partial charge in [-0.05, 0) is 156 Å². The first-order valence-electron chi connectivity index (χ1n) is 32.1. The lowest BCUT2D eigenvalue weighted by Gasteiger charge is -2.52. The molecular formula is C82H61B3N4S2. The molecule has 0 radical (unpaired) electrons. The van der Waals surface area contributed by atoms with Crippen molar-refractivity contribution in [3.8, 4) is 0 Å².